The molecule has 0 aromatic heterocycles. The summed E-state index contributed by atoms with van der Waals surface area (Å²) in [6, 6.07) is 12.5. The van der Waals surface area contributed by atoms with Crippen LogP contribution in [0, 0.1) is 0 Å². The van der Waals surface area contributed by atoms with E-state index in [9.17, 15) is 18.3 Å². The topological polar surface area (TPSA) is 122 Å². The Morgan fingerprint density at radius 2 is 1.87 bits per heavy atom. The van der Waals surface area contributed by atoms with Gasteiger partial charge in [0, 0.05) is 31.6 Å². The van der Waals surface area contributed by atoms with Crippen LogP contribution in [0.25, 0.3) is 0 Å². The Hall–Kier alpha value is -2.78. The quantitative estimate of drug-likeness (QED) is 0.527. The zero-order chi connectivity index (χ0) is 22.3. The molecule has 8 nitrogen and oxygen atoms in total. The van der Waals surface area contributed by atoms with Crippen LogP contribution in [0.5, 0.6) is 5.75 Å². The van der Waals surface area contributed by atoms with Crippen LogP contribution in [0.2, 0.25) is 0 Å². The molecule has 0 bridgehead atoms. The van der Waals surface area contributed by atoms with Crippen molar-refractivity contribution in [2.45, 2.75) is 38.7 Å². The van der Waals surface area contributed by atoms with Gasteiger partial charge in [-0.1, -0.05) is 43.7 Å². The molecule has 9 heteroatoms. The van der Waals surface area contributed by atoms with Crippen molar-refractivity contribution in [2.75, 3.05) is 18.8 Å². The van der Waals surface area contributed by atoms with Gasteiger partial charge in [0.2, 0.25) is 0 Å². The number of unbranched alkanes of at least 4 members (excludes halogenated alkanes) is 1. The van der Waals surface area contributed by atoms with E-state index in [0.29, 0.717) is 17.5 Å². The van der Waals surface area contributed by atoms with Crippen molar-refractivity contribution in [1.29, 1.82) is 0 Å². The van der Waals surface area contributed by atoms with Crippen LogP contribution in [0.3, 0.4) is 0 Å². The molecule has 0 heterocycles. The van der Waals surface area contributed by atoms with Crippen molar-refractivity contribution in [3.05, 3.63) is 59.2 Å². The van der Waals surface area contributed by atoms with Crippen LogP contribution < -0.4 is 10.5 Å². The summed E-state index contributed by atoms with van der Waals surface area (Å²) in [5.41, 5.74) is 7.14. The largest absolute Gasteiger partial charge is 0.507 e. The fraction of sp³-hybridized carbons (Fsp3) is 0.381. The van der Waals surface area contributed by atoms with E-state index in [1.807, 2.05) is 37.3 Å². The number of rotatable bonds is 10. The van der Waals surface area contributed by atoms with Gasteiger partial charge in [-0.15, -0.1) is 0 Å². The molecule has 1 unspecified atom stereocenters. The number of carbonyl (C=O) groups excluding carboxylic acids is 1. The average Bonchev–Trinajstić information content (AvgIpc) is 2.68. The Morgan fingerprint density at radius 1 is 1.20 bits per heavy atom. The van der Waals surface area contributed by atoms with Crippen LogP contribution in [0.15, 0.2) is 42.5 Å². The summed E-state index contributed by atoms with van der Waals surface area (Å²) in [6.45, 7) is 2.00. The highest BCUT2D eigenvalue weighted by molar-refractivity contribution is 7.90. The van der Waals surface area contributed by atoms with E-state index in [-0.39, 0.29) is 17.9 Å². The molecule has 0 aliphatic rings. The third-order valence-corrected chi connectivity index (χ3v) is 6.12. The maximum atomic E-state index is 12.4. The number of carbonyl (C=O) groups is 1. The summed E-state index contributed by atoms with van der Waals surface area (Å²) in [4.78, 5) is 11.4. The van der Waals surface area contributed by atoms with Crippen molar-refractivity contribution in [3.63, 3.8) is 0 Å². The summed E-state index contributed by atoms with van der Waals surface area (Å²) in [7, 11) is -0.959. The van der Waals surface area contributed by atoms with E-state index < -0.39 is 22.4 Å². The smallest absolute Gasteiger partial charge is 0.405 e. The summed E-state index contributed by atoms with van der Waals surface area (Å²) >= 11 is 0. The van der Waals surface area contributed by atoms with Gasteiger partial charge >= 0.3 is 16.3 Å². The van der Waals surface area contributed by atoms with Crippen molar-refractivity contribution in [2.24, 2.45) is 5.73 Å². The molecule has 0 aliphatic carbocycles. The number of nitrogens with one attached hydrogen (secondary N) is 1. The lowest BCUT2D eigenvalue weighted by Gasteiger charge is -2.22. The van der Waals surface area contributed by atoms with Gasteiger partial charge in [0.1, 0.15) is 11.9 Å². The fourth-order valence-electron chi connectivity index (χ4n) is 3.03. The number of hydrogen-bond donors (Lipinski definition) is 3. The second kappa shape index (κ2) is 10.3. The molecule has 164 valence electrons. The molecule has 0 radical (unpaired) electrons. The molecule has 2 rings (SSSR count). The van der Waals surface area contributed by atoms with E-state index in [1.165, 1.54) is 14.1 Å². The number of phenols is 1. The minimum Gasteiger partial charge on any atom is -0.507 e. The minimum atomic E-state index is -3.78. The number of hydrogen-bond acceptors (Lipinski definition) is 5. The van der Waals surface area contributed by atoms with Gasteiger partial charge in [-0.3, -0.25) is 4.72 Å². The molecule has 0 saturated heterocycles. The number of anilines is 1. The second-order valence-corrected chi connectivity index (χ2v) is 9.03. The third kappa shape index (κ3) is 6.11. The molecule has 0 spiro atoms. The number of nitrogens with two attached hydrogens (primary N) is 1. The molecule has 30 heavy (non-hydrogen) atoms. The van der Waals surface area contributed by atoms with Crippen molar-refractivity contribution in [3.8, 4) is 5.75 Å². The van der Waals surface area contributed by atoms with Crippen LogP contribution >= 0.6 is 0 Å². The van der Waals surface area contributed by atoms with Crippen molar-refractivity contribution < 1.29 is 23.1 Å². The highest BCUT2D eigenvalue weighted by Gasteiger charge is 2.24. The molecule has 0 saturated carbocycles. The standard InChI is InChI=1S/C21H29N3O5S/c1-4-5-11-19(29-21(22)26)16-12-13-18(23-30(27,28)24(2)3)17(20(16)25)14-15-9-7-6-8-10-15/h6-10,12-13,19,23,25H,4-5,11,14H2,1-3H3,(H2,22,26). The number of ether oxygens (including phenoxy) is 1. The highest BCUT2D eigenvalue weighted by Crippen LogP contribution is 2.38. The van der Waals surface area contributed by atoms with Crippen LogP contribution in [0.4, 0.5) is 10.5 Å². The zero-order valence-corrected chi connectivity index (χ0v) is 18.3. The lowest BCUT2D eigenvalue weighted by atomic mass is 9.95. The Morgan fingerprint density at radius 3 is 2.43 bits per heavy atom. The number of nitrogens with zero attached hydrogens (tertiary/aromatic N) is 1. The Labute approximate surface area is 177 Å². The molecule has 2 aromatic rings. The van der Waals surface area contributed by atoms with Crippen LogP contribution in [-0.4, -0.2) is 38.0 Å². The van der Waals surface area contributed by atoms with E-state index in [2.05, 4.69) is 4.72 Å². The molecular formula is C21H29N3O5S. The second-order valence-electron chi connectivity index (χ2n) is 7.15. The molecule has 2 aromatic carbocycles. The first-order valence-electron chi connectivity index (χ1n) is 9.70. The van der Waals surface area contributed by atoms with Crippen molar-refractivity contribution in [1.82, 2.24) is 4.31 Å². The van der Waals surface area contributed by atoms with E-state index in [4.69, 9.17) is 10.5 Å². The number of phenolic OH excluding ortho intramolecular Hbond substituents is 1. The van der Waals surface area contributed by atoms with Gasteiger partial charge in [0.15, 0.2) is 0 Å². The number of amides is 1. The normalized spacial score (nSPS) is 12.5. The van der Waals surface area contributed by atoms with Gasteiger partial charge in [-0.2, -0.15) is 12.7 Å². The minimum absolute atomic E-state index is 0.125. The lowest BCUT2D eigenvalue weighted by Crippen LogP contribution is -2.29. The highest BCUT2D eigenvalue weighted by atomic mass is 32.2. The first-order valence-corrected chi connectivity index (χ1v) is 11.1. The van der Waals surface area contributed by atoms with Gasteiger partial charge in [0.25, 0.3) is 0 Å². The first-order chi connectivity index (χ1) is 14.2. The Kier molecular flexibility index (Phi) is 8.08. The van der Waals surface area contributed by atoms with Crippen LogP contribution in [-0.2, 0) is 21.4 Å². The van der Waals surface area contributed by atoms with Gasteiger partial charge in [-0.05, 0) is 30.5 Å². The fourth-order valence-corrected chi connectivity index (χ4v) is 3.68. The Bertz CT molecular complexity index is 962. The molecular weight excluding hydrogens is 406 g/mol. The van der Waals surface area contributed by atoms with Crippen molar-refractivity contribution >= 4 is 22.0 Å². The molecule has 1 amide bonds. The lowest BCUT2D eigenvalue weighted by molar-refractivity contribution is 0.0982. The average molecular weight is 436 g/mol. The molecule has 0 fully saturated rings. The summed E-state index contributed by atoms with van der Waals surface area (Å²) < 4.78 is 33.5. The van der Waals surface area contributed by atoms with E-state index >= 15 is 0 Å². The zero-order valence-electron chi connectivity index (χ0n) is 17.5. The molecule has 0 aliphatic heterocycles. The third-order valence-electron chi connectivity index (χ3n) is 4.68. The van der Waals surface area contributed by atoms with Gasteiger partial charge in [-0.25, -0.2) is 4.79 Å². The van der Waals surface area contributed by atoms with E-state index in [0.717, 1.165) is 22.7 Å². The van der Waals surface area contributed by atoms with Crippen LogP contribution in [0.1, 0.15) is 49.0 Å². The molecule has 4 N–H and O–H groups in total. The molecule has 1 atom stereocenters. The monoisotopic (exact) mass is 435 g/mol. The SMILES string of the molecule is CCCCC(OC(N)=O)c1ccc(NS(=O)(=O)N(C)C)c(Cc2ccccc2)c1O. The number of benzene rings is 2. The maximum absolute atomic E-state index is 12.4. The number of aromatic hydroxyl groups is 1. The summed E-state index contributed by atoms with van der Waals surface area (Å²) in [5.74, 6) is -0.125. The number of primary amides is 1. The predicted octanol–water partition coefficient (Wildman–Crippen LogP) is 3.53. The van der Waals surface area contributed by atoms with Gasteiger partial charge in [0.05, 0.1) is 5.69 Å². The first kappa shape index (κ1) is 23.5. The maximum Gasteiger partial charge on any atom is 0.405 e. The Balaban J connectivity index is 2.55. The van der Waals surface area contributed by atoms with Gasteiger partial charge < -0.3 is 15.6 Å². The van der Waals surface area contributed by atoms with E-state index in [1.54, 1.807) is 12.1 Å². The summed E-state index contributed by atoms with van der Waals surface area (Å²) in [5, 5.41) is 11.1. The summed E-state index contributed by atoms with van der Waals surface area (Å²) in [6.07, 6.45) is 0.745. The predicted molar refractivity (Wildman–Crippen MR) is 117 cm³/mol.